The zero-order chi connectivity index (χ0) is 17.6. The number of amides is 1. The van der Waals surface area contributed by atoms with Gasteiger partial charge in [0.2, 0.25) is 15.9 Å². The normalized spacial score (nSPS) is 17.0. The minimum atomic E-state index is -3.51. The summed E-state index contributed by atoms with van der Waals surface area (Å²) in [6.45, 7) is 5.22. The third-order valence-electron chi connectivity index (χ3n) is 4.41. The number of hydrogen-bond acceptors (Lipinski definition) is 3. The molecule has 1 aromatic rings. The molecule has 2 rings (SSSR count). The van der Waals surface area contributed by atoms with E-state index in [1.165, 1.54) is 0 Å². The Morgan fingerprint density at radius 2 is 1.75 bits per heavy atom. The van der Waals surface area contributed by atoms with E-state index in [-0.39, 0.29) is 17.6 Å². The number of hydrogen-bond donors (Lipinski definition) is 1. The van der Waals surface area contributed by atoms with Crippen LogP contribution in [0.25, 0.3) is 0 Å². The first-order chi connectivity index (χ1) is 11.4. The Bertz CT molecular complexity index is 623. The van der Waals surface area contributed by atoms with Crippen molar-refractivity contribution < 1.29 is 13.2 Å². The molecule has 1 fully saturated rings. The van der Waals surface area contributed by atoms with Gasteiger partial charge in [-0.3, -0.25) is 4.79 Å². The highest BCUT2D eigenvalue weighted by molar-refractivity contribution is 7.89. The molecule has 1 aliphatic rings. The van der Waals surface area contributed by atoms with Gasteiger partial charge in [0.05, 0.1) is 5.75 Å². The van der Waals surface area contributed by atoms with Crippen LogP contribution in [0.15, 0.2) is 30.3 Å². The quantitative estimate of drug-likeness (QED) is 0.818. The number of benzene rings is 1. The molecule has 0 aromatic heterocycles. The molecule has 134 valence electrons. The SMILES string of the molecule is CC(C)[C@@H](NS(=O)(=O)CCc1ccccc1)C(=O)N1CCCCC1. The molecule has 1 aromatic carbocycles. The number of carbonyl (C=O) groups excluding carboxylic acids is 1. The molecule has 0 aliphatic carbocycles. The summed E-state index contributed by atoms with van der Waals surface area (Å²) in [5, 5.41) is 0. The van der Waals surface area contributed by atoms with Gasteiger partial charge < -0.3 is 4.90 Å². The lowest BCUT2D eigenvalue weighted by Crippen LogP contribution is -2.52. The van der Waals surface area contributed by atoms with Gasteiger partial charge in [-0.05, 0) is 37.2 Å². The molecule has 5 nitrogen and oxygen atoms in total. The molecule has 1 N–H and O–H groups in total. The maximum absolute atomic E-state index is 12.7. The maximum Gasteiger partial charge on any atom is 0.241 e. The summed E-state index contributed by atoms with van der Waals surface area (Å²) in [4.78, 5) is 14.5. The van der Waals surface area contributed by atoms with Crippen LogP contribution in [0.5, 0.6) is 0 Å². The Balaban J connectivity index is 1.98. The van der Waals surface area contributed by atoms with E-state index in [2.05, 4.69) is 4.72 Å². The first kappa shape index (κ1) is 18.9. The summed E-state index contributed by atoms with van der Waals surface area (Å²) in [5.41, 5.74) is 0.978. The summed E-state index contributed by atoms with van der Waals surface area (Å²) >= 11 is 0. The summed E-state index contributed by atoms with van der Waals surface area (Å²) < 4.78 is 27.5. The Hall–Kier alpha value is -1.40. The van der Waals surface area contributed by atoms with E-state index in [0.29, 0.717) is 6.42 Å². The Morgan fingerprint density at radius 3 is 2.33 bits per heavy atom. The standard InChI is InChI=1S/C18H28N2O3S/c1-15(2)17(18(21)20-12-7-4-8-13-20)19-24(22,23)14-11-16-9-5-3-6-10-16/h3,5-6,9-10,15,17,19H,4,7-8,11-14H2,1-2H3/t17-/m1/s1. The van der Waals surface area contributed by atoms with Crippen LogP contribution in [0.3, 0.4) is 0 Å². The van der Waals surface area contributed by atoms with Crippen LogP contribution >= 0.6 is 0 Å². The highest BCUT2D eigenvalue weighted by Crippen LogP contribution is 2.14. The lowest BCUT2D eigenvalue weighted by molar-refractivity contribution is -0.134. The van der Waals surface area contributed by atoms with E-state index in [4.69, 9.17) is 0 Å². The molecular formula is C18H28N2O3S. The molecule has 1 saturated heterocycles. The second kappa shape index (κ2) is 8.62. The lowest BCUT2D eigenvalue weighted by Gasteiger charge is -2.32. The molecular weight excluding hydrogens is 324 g/mol. The molecule has 0 saturated carbocycles. The lowest BCUT2D eigenvalue weighted by atomic mass is 10.0. The monoisotopic (exact) mass is 352 g/mol. The molecule has 1 aliphatic heterocycles. The molecule has 0 spiro atoms. The van der Waals surface area contributed by atoms with Gasteiger partial charge in [0.25, 0.3) is 0 Å². The van der Waals surface area contributed by atoms with Gasteiger partial charge in [-0.1, -0.05) is 44.2 Å². The van der Waals surface area contributed by atoms with Gasteiger partial charge in [0, 0.05) is 13.1 Å². The largest absolute Gasteiger partial charge is 0.341 e. The fourth-order valence-electron chi connectivity index (χ4n) is 2.93. The molecule has 0 bridgehead atoms. The van der Waals surface area contributed by atoms with Crippen LogP contribution in [0.4, 0.5) is 0 Å². The summed E-state index contributed by atoms with van der Waals surface area (Å²) in [5.74, 6) is -0.174. The van der Waals surface area contributed by atoms with E-state index in [9.17, 15) is 13.2 Å². The van der Waals surface area contributed by atoms with Crippen LogP contribution in [0.2, 0.25) is 0 Å². The third-order valence-corrected chi connectivity index (χ3v) is 5.76. The smallest absolute Gasteiger partial charge is 0.241 e. The van der Waals surface area contributed by atoms with Crippen molar-refractivity contribution in [1.29, 1.82) is 0 Å². The minimum absolute atomic E-state index is 0.00644. The second-order valence-electron chi connectivity index (χ2n) is 6.78. The van der Waals surface area contributed by atoms with Crippen molar-refractivity contribution in [3.63, 3.8) is 0 Å². The summed E-state index contributed by atoms with van der Waals surface area (Å²) in [7, 11) is -3.51. The van der Waals surface area contributed by atoms with Gasteiger partial charge in [0.15, 0.2) is 0 Å². The van der Waals surface area contributed by atoms with Crippen molar-refractivity contribution in [1.82, 2.24) is 9.62 Å². The first-order valence-corrected chi connectivity index (χ1v) is 10.4. The van der Waals surface area contributed by atoms with Gasteiger partial charge in [-0.25, -0.2) is 13.1 Å². The fraction of sp³-hybridized carbons (Fsp3) is 0.611. The van der Waals surface area contributed by atoms with Gasteiger partial charge in [-0.2, -0.15) is 0 Å². The van der Waals surface area contributed by atoms with E-state index in [0.717, 1.165) is 37.9 Å². The molecule has 0 unspecified atom stereocenters. The average molecular weight is 353 g/mol. The van der Waals surface area contributed by atoms with Crippen LogP contribution in [-0.2, 0) is 21.2 Å². The van der Waals surface area contributed by atoms with Crippen LogP contribution < -0.4 is 4.72 Å². The number of carbonyl (C=O) groups is 1. The van der Waals surface area contributed by atoms with E-state index in [1.807, 2.05) is 44.2 Å². The molecule has 1 atom stereocenters. The fourth-order valence-corrected chi connectivity index (χ4v) is 4.31. The van der Waals surface area contributed by atoms with Crippen LogP contribution in [-0.4, -0.2) is 44.1 Å². The highest BCUT2D eigenvalue weighted by Gasteiger charge is 2.31. The Labute approximate surface area is 145 Å². The summed E-state index contributed by atoms with van der Waals surface area (Å²) in [6.07, 6.45) is 3.58. The first-order valence-electron chi connectivity index (χ1n) is 8.72. The molecule has 1 amide bonds. The van der Waals surface area contributed by atoms with Crippen molar-refractivity contribution in [3.8, 4) is 0 Å². The predicted octanol–water partition coefficient (Wildman–Crippen LogP) is 2.19. The maximum atomic E-state index is 12.7. The van der Waals surface area contributed by atoms with Crippen LogP contribution in [0, 0.1) is 5.92 Å². The zero-order valence-electron chi connectivity index (χ0n) is 14.6. The van der Waals surface area contributed by atoms with Crippen molar-refractivity contribution in [2.75, 3.05) is 18.8 Å². The predicted molar refractivity (Wildman–Crippen MR) is 96.1 cm³/mol. The second-order valence-corrected chi connectivity index (χ2v) is 8.65. The molecule has 24 heavy (non-hydrogen) atoms. The van der Waals surface area contributed by atoms with E-state index >= 15 is 0 Å². The van der Waals surface area contributed by atoms with Crippen molar-refractivity contribution in [2.24, 2.45) is 5.92 Å². The van der Waals surface area contributed by atoms with Gasteiger partial charge in [0.1, 0.15) is 6.04 Å². The Kier molecular flexibility index (Phi) is 6.80. The number of sulfonamides is 1. The van der Waals surface area contributed by atoms with Gasteiger partial charge >= 0.3 is 0 Å². The van der Waals surface area contributed by atoms with Gasteiger partial charge in [-0.15, -0.1) is 0 Å². The minimum Gasteiger partial charge on any atom is -0.341 e. The number of aryl methyl sites for hydroxylation is 1. The number of rotatable bonds is 7. The van der Waals surface area contributed by atoms with Crippen LogP contribution in [0.1, 0.15) is 38.7 Å². The topological polar surface area (TPSA) is 66.5 Å². The van der Waals surface area contributed by atoms with Crippen molar-refractivity contribution in [3.05, 3.63) is 35.9 Å². The summed E-state index contributed by atoms with van der Waals surface area (Å²) in [6, 6.07) is 8.84. The zero-order valence-corrected chi connectivity index (χ0v) is 15.4. The molecule has 0 radical (unpaired) electrons. The Morgan fingerprint density at radius 1 is 1.12 bits per heavy atom. The van der Waals surface area contributed by atoms with E-state index in [1.54, 1.807) is 4.90 Å². The van der Waals surface area contributed by atoms with Crippen molar-refractivity contribution in [2.45, 2.75) is 45.6 Å². The third kappa shape index (κ3) is 5.60. The number of nitrogens with one attached hydrogen (secondary N) is 1. The molecule has 6 heteroatoms. The average Bonchev–Trinajstić information content (AvgIpc) is 2.59. The molecule has 1 heterocycles. The number of nitrogens with zero attached hydrogens (tertiary/aromatic N) is 1. The number of likely N-dealkylation sites (tertiary alicyclic amines) is 1. The number of piperidine rings is 1. The van der Waals surface area contributed by atoms with Crippen molar-refractivity contribution >= 4 is 15.9 Å². The highest BCUT2D eigenvalue weighted by atomic mass is 32.2. The van der Waals surface area contributed by atoms with E-state index < -0.39 is 16.1 Å².